The Morgan fingerprint density at radius 3 is 2.32 bits per heavy atom. The van der Waals surface area contributed by atoms with E-state index in [0.717, 1.165) is 24.7 Å². The van der Waals surface area contributed by atoms with Gasteiger partial charge in [-0.1, -0.05) is 60.1 Å². The molecule has 0 aromatic rings. The van der Waals surface area contributed by atoms with E-state index in [-0.39, 0.29) is 33.7 Å². The normalized spacial score (nSPS) is 56.7. The molecule has 0 heterocycles. The van der Waals surface area contributed by atoms with Crippen molar-refractivity contribution in [3.63, 3.8) is 0 Å². The van der Waals surface area contributed by atoms with Gasteiger partial charge in [-0.3, -0.25) is 9.59 Å². The Balaban J connectivity index is 1.60. The summed E-state index contributed by atoms with van der Waals surface area (Å²) in [7, 11) is 0. The van der Waals surface area contributed by atoms with Crippen LogP contribution in [-0.4, -0.2) is 11.6 Å². The second-order valence-electron chi connectivity index (χ2n) is 13.6. The van der Waals surface area contributed by atoms with Crippen LogP contribution in [0.3, 0.4) is 0 Å². The molecular formula is C29H44O2. The first-order chi connectivity index (χ1) is 14.4. The Hall–Kier alpha value is -0.920. The molecule has 0 amide bonds. The number of rotatable bonds is 0. The third-order valence-electron chi connectivity index (χ3n) is 12.6. The number of carbonyl (C=O) groups excluding carboxylic acids is 2. The molecule has 2 nitrogen and oxygen atoms in total. The van der Waals surface area contributed by atoms with Gasteiger partial charge in [0, 0.05) is 12.3 Å². The molecule has 0 spiro atoms. The standard InChI is InChI=1S/C29H44O2/c1-17-10-12-26(4)14-15-28(6)21(24(26)18(17)2)8-9-23-27(5)16-22(30)25(31)19(3)20(27)11-13-29(23,28)7/h8,17-20,23-24H,9-16H2,1-7H3/t17-,18+,19?,20?,23-,24+,26-,27+,28-,29-/m1/s1. The average molecular weight is 425 g/mol. The van der Waals surface area contributed by atoms with Crippen molar-refractivity contribution in [2.75, 3.05) is 0 Å². The molecule has 0 bridgehead atoms. The number of Topliss-reactive ketones (excluding diaryl/α,β-unsaturated/α-hetero) is 2. The molecule has 4 saturated carbocycles. The van der Waals surface area contributed by atoms with Crippen LogP contribution in [0.25, 0.3) is 0 Å². The first-order valence-corrected chi connectivity index (χ1v) is 13.2. The molecule has 31 heavy (non-hydrogen) atoms. The SMILES string of the molecule is CC1C(=O)C(=O)C[C@@]2(C)C1CC[C@]1(C)[C@@H]2CC=C2[C@@H]3[C@@H](C)[C@H](C)CC[C@]3(C)CC[C@]21C. The Morgan fingerprint density at radius 1 is 0.903 bits per heavy atom. The highest BCUT2D eigenvalue weighted by molar-refractivity contribution is 6.38. The maximum Gasteiger partial charge on any atom is 0.201 e. The van der Waals surface area contributed by atoms with Gasteiger partial charge in [0.1, 0.15) is 0 Å². The van der Waals surface area contributed by atoms with Crippen LogP contribution >= 0.6 is 0 Å². The average Bonchev–Trinajstić information content (AvgIpc) is 2.70. The van der Waals surface area contributed by atoms with E-state index < -0.39 is 0 Å². The van der Waals surface area contributed by atoms with Crippen LogP contribution in [0.5, 0.6) is 0 Å². The molecule has 0 N–H and O–H groups in total. The maximum absolute atomic E-state index is 12.8. The first-order valence-electron chi connectivity index (χ1n) is 13.2. The molecule has 0 aromatic heterocycles. The summed E-state index contributed by atoms with van der Waals surface area (Å²) < 4.78 is 0. The van der Waals surface area contributed by atoms with Gasteiger partial charge in [0.15, 0.2) is 5.78 Å². The zero-order valence-corrected chi connectivity index (χ0v) is 21.0. The summed E-state index contributed by atoms with van der Waals surface area (Å²) in [6.45, 7) is 17.2. The second kappa shape index (κ2) is 6.57. The van der Waals surface area contributed by atoms with Gasteiger partial charge in [-0.2, -0.15) is 0 Å². The molecule has 10 atom stereocenters. The summed E-state index contributed by atoms with van der Waals surface area (Å²) >= 11 is 0. The fraction of sp³-hybridized carbons (Fsp3) is 0.862. The van der Waals surface area contributed by atoms with Crippen LogP contribution in [0.15, 0.2) is 11.6 Å². The summed E-state index contributed by atoms with van der Waals surface area (Å²) in [5.74, 6) is 2.87. The third kappa shape index (κ3) is 2.57. The monoisotopic (exact) mass is 424 g/mol. The summed E-state index contributed by atoms with van der Waals surface area (Å²) in [6, 6.07) is 0. The van der Waals surface area contributed by atoms with Crippen LogP contribution in [0.2, 0.25) is 0 Å². The molecule has 172 valence electrons. The Kier molecular flexibility index (Phi) is 4.64. The number of hydrogen-bond acceptors (Lipinski definition) is 2. The highest BCUT2D eigenvalue weighted by Gasteiger charge is 2.67. The molecule has 2 heteroatoms. The fourth-order valence-electron chi connectivity index (χ4n) is 10.2. The maximum atomic E-state index is 12.8. The molecule has 0 aromatic carbocycles. The van der Waals surface area contributed by atoms with Crippen molar-refractivity contribution < 1.29 is 9.59 Å². The van der Waals surface area contributed by atoms with Crippen molar-refractivity contribution in [2.24, 2.45) is 57.2 Å². The Labute approximate surface area is 190 Å². The molecule has 2 unspecified atom stereocenters. The van der Waals surface area contributed by atoms with Crippen LogP contribution in [0, 0.1) is 57.2 Å². The summed E-state index contributed by atoms with van der Waals surface area (Å²) in [6.07, 6.45) is 12.0. The largest absolute Gasteiger partial charge is 0.291 e. The van der Waals surface area contributed by atoms with Crippen molar-refractivity contribution in [2.45, 2.75) is 99.8 Å². The smallest absolute Gasteiger partial charge is 0.201 e. The van der Waals surface area contributed by atoms with Gasteiger partial charge in [-0.25, -0.2) is 0 Å². The zero-order valence-electron chi connectivity index (χ0n) is 21.0. The number of ketones is 2. The quantitative estimate of drug-likeness (QED) is 0.309. The topological polar surface area (TPSA) is 34.1 Å². The number of hydrogen-bond donors (Lipinski definition) is 0. The lowest BCUT2D eigenvalue weighted by atomic mass is 9.34. The number of fused-ring (bicyclic) bond motifs is 7. The van der Waals surface area contributed by atoms with Gasteiger partial charge in [0.2, 0.25) is 5.78 Å². The van der Waals surface area contributed by atoms with Gasteiger partial charge >= 0.3 is 0 Å². The van der Waals surface area contributed by atoms with Crippen LogP contribution in [0.1, 0.15) is 99.8 Å². The van der Waals surface area contributed by atoms with E-state index in [1.807, 2.05) is 6.92 Å². The fourth-order valence-corrected chi connectivity index (χ4v) is 10.2. The summed E-state index contributed by atoms with van der Waals surface area (Å²) in [4.78, 5) is 25.3. The summed E-state index contributed by atoms with van der Waals surface area (Å²) in [5.41, 5.74) is 2.67. The lowest BCUT2D eigenvalue weighted by molar-refractivity contribution is -0.176. The van der Waals surface area contributed by atoms with Gasteiger partial charge in [0.05, 0.1) is 0 Å². The van der Waals surface area contributed by atoms with Gasteiger partial charge in [-0.15, -0.1) is 0 Å². The van der Waals surface area contributed by atoms with Crippen molar-refractivity contribution in [1.29, 1.82) is 0 Å². The lowest BCUT2D eigenvalue weighted by Gasteiger charge is -2.70. The van der Waals surface area contributed by atoms with Crippen molar-refractivity contribution in [3.8, 4) is 0 Å². The van der Waals surface area contributed by atoms with E-state index in [4.69, 9.17) is 0 Å². The van der Waals surface area contributed by atoms with E-state index >= 15 is 0 Å². The summed E-state index contributed by atoms with van der Waals surface area (Å²) in [5, 5.41) is 0. The molecule has 5 aliphatic carbocycles. The van der Waals surface area contributed by atoms with E-state index in [0.29, 0.717) is 29.6 Å². The van der Waals surface area contributed by atoms with Crippen LogP contribution in [-0.2, 0) is 9.59 Å². The van der Waals surface area contributed by atoms with Crippen molar-refractivity contribution in [1.82, 2.24) is 0 Å². The minimum atomic E-state index is -0.0959. The Bertz CT molecular complexity index is 855. The lowest BCUT2D eigenvalue weighted by Crippen LogP contribution is -2.63. The minimum absolute atomic E-state index is 0.0331. The van der Waals surface area contributed by atoms with Crippen molar-refractivity contribution >= 4 is 11.6 Å². The number of allylic oxidation sites excluding steroid dienone is 2. The molecule has 5 rings (SSSR count). The molecule has 0 radical (unpaired) electrons. The highest BCUT2D eigenvalue weighted by Crippen LogP contribution is 2.74. The van der Waals surface area contributed by atoms with Crippen LogP contribution < -0.4 is 0 Å². The highest BCUT2D eigenvalue weighted by atomic mass is 16.2. The molecule has 0 saturated heterocycles. The first kappa shape index (κ1) is 21.9. The molecule has 0 aliphatic heterocycles. The third-order valence-corrected chi connectivity index (χ3v) is 12.6. The van der Waals surface area contributed by atoms with Gasteiger partial charge < -0.3 is 0 Å². The van der Waals surface area contributed by atoms with Gasteiger partial charge in [0.25, 0.3) is 0 Å². The second-order valence-corrected chi connectivity index (χ2v) is 13.6. The molecule has 5 aliphatic rings. The van der Waals surface area contributed by atoms with Crippen molar-refractivity contribution in [3.05, 3.63) is 11.6 Å². The minimum Gasteiger partial charge on any atom is -0.291 e. The predicted octanol–water partition coefficient (Wildman–Crippen LogP) is 7.02. The van der Waals surface area contributed by atoms with E-state index in [1.54, 1.807) is 5.57 Å². The molecular weight excluding hydrogens is 380 g/mol. The van der Waals surface area contributed by atoms with Gasteiger partial charge in [-0.05, 0) is 96.2 Å². The van der Waals surface area contributed by atoms with E-state index in [2.05, 4.69) is 47.6 Å². The van der Waals surface area contributed by atoms with Crippen LogP contribution in [0.4, 0.5) is 0 Å². The van der Waals surface area contributed by atoms with E-state index in [1.165, 1.54) is 32.1 Å². The molecule has 4 fully saturated rings. The predicted molar refractivity (Wildman–Crippen MR) is 125 cm³/mol. The number of carbonyl (C=O) groups is 2. The zero-order chi connectivity index (χ0) is 22.6. The van der Waals surface area contributed by atoms with E-state index in [9.17, 15) is 9.59 Å². The Morgan fingerprint density at radius 2 is 1.61 bits per heavy atom.